The fourth-order valence-electron chi connectivity index (χ4n) is 5.53. The number of amides is 2. The number of nitrogens with zero attached hydrogens (tertiary/aromatic N) is 3. The predicted octanol–water partition coefficient (Wildman–Crippen LogP) is 4.84. The number of anilines is 1. The van der Waals surface area contributed by atoms with Crippen molar-refractivity contribution in [2.75, 3.05) is 37.6 Å². The molecule has 10 heteroatoms. The first-order valence-electron chi connectivity index (χ1n) is 14.2. The Morgan fingerprint density at radius 3 is 2.44 bits per heavy atom. The molecule has 0 atom stereocenters. The molecule has 41 heavy (non-hydrogen) atoms. The highest BCUT2D eigenvalue weighted by Gasteiger charge is 2.37. The van der Waals surface area contributed by atoms with Gasteiger partial charge in [0.2, 0.25) is 0 Å². The molecule has 2 aromatic rings. The van der Waals surface area contributed by atoms with E-state index < -0.39 is 0 Å². The van der Waals surface area contributed by atoms with Crippen molar-refractivity contribution < 1.29 is 19.1 Å². The quantitative estimate of drug-likeness (QED) is 0.181. The number of benzene rings is 2. The molecule has 8 nitrogen and oxygen atoms in total. The van der Waals surface area contributed by atoms with Gasteiger partial charge in [-0.15, -0.1) is 0 Å². The normalized spacial score (nSPS) is 17.4. The second-order valence-corrected chi connectivity index (χ2v) is 11.6. The largest absolute Gasteiger partial charge is 0.457 e. The highest BCUT2D eigenvalue weighted by atomic mass is 35.5. The number of unbranched alkanes of at least 4 members (excludes halogenated alkanes) is 3. The summed E-state index contributed by atoms with van der Waals surface area (Å²) in [5, 5.41) is 4.88. The monoisotopic (exact) mass is 594 g/mol. The summed E-state index contributed by atoms with van der Waals surface area (Å²) < 4.78 is 5.05. The maximum absolute atomic E-state index is 13.1. The average molecular weight is 595 g/mol. The molecular formula is C31H35ClN4O4S. The zero-order valence-electron chi connectivity index (χ0n) is 23.3. The summed E-state index contributed by atoms with van der Waals surface area (Å²) in [4.78, 5) is 43.7. The Kier molecular flexibility index (Phi) is 9.37. The number of imide groups is 1. The Morgan fingerprint density at radius 1 is 0.951 bits per heavy atom. The fraction of sp³-hybridized carbons (Fsp3) is 0.419. The van der Waals surface area contributed by atoms with Gasteiger partial charge >= 0.3 is 5.97 Å². The van der Waals surface area contributed by atoms with Gasteiger partial charge in [0.05, 0.1) is 11.3 Å². The zero-order valence-corrected chi connectivity index (χ0v) is 24.9. The van der Waals surface area contributed by atoms with E-state index in [4.69, 9.17) is 28.6 Å². The van der Waals surface area contributed by atoms with Crippen molar-refractivity contribution in [1.29, 1.82) is 0 Å². The number of carbonyl (C=O) groups is 3. The third kappa shape index (κ3) is 6.80. The first kappa shape index (κ1) is 29.2. The number of piperazine rings is 1. The number of fused-ring (bicyclic) bond motifs is 1. The predicted molar refractivity (Wildman–Crippen MR) is 163 cm³/mol. The molecule has 0 bridgehead atoms. The van der Waals surface area contributed by atoms with E-state index in [9.17, 15) is 14.4 Å². The van der Waals surface area contributed by atoms with E-state index in [-0.39, 0.29) is 24.4 Å². The summed E-state index contributed by atoms with van der Waals surface area (Å²) in [5.74, 6) is -0.907. The Labute approximate surface area is 251 Å². The summed E-state index contributed by atoms with van der Waals surface area (Å²) >= 11 is 11.6. The van der Waals surface area contributed by atoms with Crippen molar-refractivity contribution >= 4 is 52.4 Å². The van der Waals surface area contributed by atoms with Crippen LogP contribution in [0, 0.1) is 0 Å². The van der Waals surface area contributed by atoms with Crippen molar-refractivity contribution in [3.8, 4) is 0 Å². The van der Waals surface area contributed by atoms with Gasteiger partial charge in [-0.05, 0) is 80.8 Å². The number of esters is 1. The van der Waals surface area contributed by atoms with E-state index in [1.165, 1.54) is 4.90 Å². The molecule has 3 aliphatic rings. The van der Waals surface area contributed by atoms with Gasteiger partial charge in [-0.1, -0.05) is 36.6 Å². The standard InChI is InChI=1S/C31H35ClN4O4S/c1-21-26(29(38)36(28(21)37)25-11-12-27-23(18-25)20-40-30(27)39)6-4-2-3-5-13-34-14-16-35(17-15-34)31(41)33-19-22-7-9-24(32)10-8-22/h7-12,18H,2-6,13-17,19-20H2,1H3,(H,33,41). The number of carbonyl (C=O) groups excluding carboxylic acids is 3. The lowest BCUT2D eigenvalue weighted by Crippen LogP contribution is -2.51. The molecular weight excluding hydrogens is 560 g/mol. The summed E-state index contributed by atoms with van der Waals surface area (Å²) in [6.45, 7) is 7.46. The first-order valence-corrected chi connectivity index (χ1v) is 15.0. The SMILES string of the molecule is CC1=C(CCCCCCN2CCN(C(=S)NCc3ccc(Cl)cc3)CC2)C(=O)N(c2ccc3c(c2)COC3=O)C1=O. The number of ether oxygens (including phenoxy) is 1. The van der Waals surface area contributed by atoms with Gasteiger partial charge < -0.3 is 15.0 Å². The number of halogens is 1. The van der Waals surface area contributed by atoms with Gasteiger partial charge in [-0.3, -0.25) is 14.5 Å². The molecule has 2 aromatic carbocycles. The molecule has 0 aromatic heterocycles. The first-order chi connectivity index (χ1) is 19.8. The summed E-state index contributed by atoms with van der Waals surface area (Å²) in [5.41, 5.74) is 3.95. The van der Waals surface area contributed by atoms with Gasteiger partial charge in [0.1, 0.15) is 6.61 Å². The molecule has 0 saturated carbocycles. The molecule has 3 aliphatic heterocycles. The molecule has 0 radical (unpaired) electrons. The third-order valence-corrected chi connectivity index (χ3v) is 8.69. The van der Waals surface area contributed by atoms with Gasteiger partial charge in [0.15, 0.2) is 5.11 Å². The van der Waals surface area contributed by atoms with E-state index in [0.717, 1.165) is 74.1 Å². The van der Waals surface area contributed by atoms with E-state index in [1.807, 2.05) is 24.3 Å². The molecule has 0 spiro atoms. The van der Waals surface area contributed by atoms with E-state index in [2.05, 4.69) is 15.1 Å². The van der Waals surface area contributed by atoms with Crippen LogP contribution in [0.3, 0.4) is 0 Å². The molecule has 0 unspecified atom stereocenters. The van der Waals surface area contributed by atoms with E-state index in [0.29, 0.717) is 40.9 Å². The molecule has 2 amide bonds. The molecule has 1 fully saturated rings. The van der Waals surface area contributed by atoms with Crippen LogP contribution in [0.1, 0.15) is 60.5 Å². The average Bonchev–Trinajstić information content (AvgIpc) is 3.45. The van der Waals surface area contributed by atoms with Crippen molar-refractivity contribution in [3.05, 3.63) is 75.3 Å². The number of hydrogen-bond acceptors (Lipinski definition) is 6. The second kappa shape index (κ2) is 13.1. The Hall–Kier alpha value is -3.27. The van der Waals surface area contributed by atoms with Crippen LogP contribution < -0.4 is 10.2 Å². The van der Waals surface area contributed by atoms with Gasteiger partial charge in [-0.25, -0.2) is 9.69 Å². The van der Waals surface area contributed by atoms with Crippen LogP contribution in [-0.2, 0) is 27.5 Å². The Balaban J connectivity index is 0.982. The van der Waals surface area contributed by atoms with Gasteiger partial charge in [-0.2, -0.15) is 0 Å². The maximum atomic E-state index is 13.1. The minimum atomic E-state index is -0.370. The minimum absolute atomic E-state index is 0.170. The Bertz CT molecular complexity index is 1370. The van der Waals surface area contributed by atoms with Crippen LogP contribution in [-0.4, -0.2) is 65.4 Å². The highest BCUT2D eigenvalue weighted by molar-refractivity contribution is 7.80. The molecule has 1 N–H and O–H groups in total. The van der Waals surface area contributed by atoms with Crippen LogP contribution >= 0.6 is 23.8 Å². The van der Waals surface area contributed by atoms with E-state index in [1.54, 1.807) is 25.1 Å². The summed E-state index contributed by atoms with van der Waals surface area (Å²) in [7, 11) is 0. The lowest BCUT2D eigenvalue weighted by Gasteiger charge is -2.36. The van der Waals surface area contributed by atoms with Crippen LogP contribution in [0.2, 0.25) is 5.02 Å². The lowest BCUT2D eigenvalue weighted by molar-refractivity contribution is -0.120. The lowest BCUT2D eigenvalue weighted by atomic mass is 10.0. The molecule has 1 saturated heterocycles. The molecule has 3 heterocycles. The number of thiocarbonyl (C=S) groups is 1. The number of rotatable bonds is 10. The van der Waals surface area contributed by atoms with Crippen molar-refractivity contribution in [1.82, 2.24) is 15.1 Å². The van der Waals surface area contributed by atoms with Crippen molar-refractivity contribution in [2.24, 2.45) is 0 Å². The van der Waals surface area contributed by atoms with Crippen LogP contribution in [0.15, 0.2) is 53.6 Å². The van der Waals surface area contributed by atoms with E-state index >= 15 is 0 Å². The van der Waals surface area contributed by atoms with Gasteiger partial charge in [0, 0.05) is 54.5 Å². The minimum Gasteiger partial charge on any atom is -0.457 e. The van der Waals surface area contributed by atoms with Crippen LogP contribution in [0.5, 0.6) is 0 Å². The van der Waals surface area contributed by atoms with Crippen LogP contribution in [0.4, 0.5) is 5.69 Å². The molecule has 5 rings (SSSR count). The van der Waals surface area contributed by atoms with Crippen LogP contribution in [0.25, 0.3) is 0 Å². The zero-order chi connectivity index (χ0) is 28.9. The fourth-order valence-corrected chi connectivity index (χ4v) is 5.91. The van der Waals surface area contributed by atoms with Crippen molar-refractivity contribution in [2.45, 2.75) is 52.2 Å². The summed E-state index contributed by atoms with van der Waals surface area (Å²) in [6.07, 6.45) is 4.66. The van der Waals surface area contributed by atoms with Crippen molar-refractivity contribution in [3.63, 3.8) is 0 Å². The highest BCUT2D eigenvalue weighted by Crippen LogP contribution is 2.32. The number of hydrogen-bond donors (Lipinski definition) is 1. The molecule has 216 valence electrons. The number of cyclic esters (lactones) is 1. The second-order valence-electron chi connectivity index (χ2n) is 10.7. The third-order valence-electron chi connectivity index (χ3n) is 8.03. The topological polar surface area (TPSA) is 82.2 Å². The maximum Gasteiger partial charge on any atom is 0.338 e. The Morgan fingerprint density at radius 2 is 1.68 bits per heavy atom. The van der Waals surface area contributed by atoms with Gasteiger partial charge in [0.25, 0.3) is 11.8 Å². The molecule has 0 aliphatic carbocycles. The smallest absolute Gasteiger partial charge is 0.338 e. The summed E-state index contributed by atoms with van der Waals surface area (Å²) in [6, 6.07) is 12.8. The number of nitrogens with one attached hydrogen (secondary N) is 1.